The molecule has 3 aromatic rings. The third kappa shape index (κ3) is 3.34. The van der Waals surface area contributed by atoms with Crippen LogP contribution in [0.4, 0.5) is 11.4 Å². The summed E-state index contributed by atoms with van der Waals surface area (Å²) in [5, 5.41) is 3.52. The normalized spacial score (nSPS) is 10.5. The smallest absolute Gasteiger partial charge is 0.0443 e. The summed E-state index contributed by atoms with van der Waals surface area (Å²) in [6, 6.07) is 19.1. The molecule has 1 N–H and O–H groups in total. The van der Waals surface area contributed by atoms with Gasteiger partial charge < -0.3 is 5.32 Å². The van der Waals surface area contributed by atoms with E-state index in [1.165, 1.54) is 27.9 Å². The van der Waals surface area contributed by atoms with Crippen LogP contribution in [-0.4, -0.2) is 4.98 Å². The molecule has 0 saturated heterocycles. The van der Waals surface area contributed by atoms with Gasteiger partial charge in [-0.3, -0.25) is 4.98 Å². The maximum atomic E-state index is 4.05. The fourth-order valence-corrected chi connectivity index (χ4v) is 2.60. The molecule has 2 aromatic carbocycles. The number of aromatic nitrogens is 1. The molecule has 3 rings (SSSR count). The van der Waals surface area contributed by atoms with Crippen molar-refractivity contribution in [3.05, 3.63) is 89.2 Å². The second-order valence-corrected chi connectivity index (χ2v) is 5.62. The van der Waals surface area contributed by atoms with Crippen molar-refractivity contribution in [2.75, 3.05) is 5.32 Å². The number of nitrogens with one attached hydrogen (secondary N) is 1. The van der Waals surface area contributed by atoms with Crippen LogP contribution in [0, 0.1) is 13.8 Å². The van der Waals surface area contributed by atoms with Crippen molar-refractivity contribution in [1.82, 2.24) is 4.98 Å². The number of hydrogen-bond acceptors (Lipinski definition) is 2. The van der Waals surface area contributed by atoms with Crippen LogP contribution < -0.4 is 5.32 Å². The van der Waals surface area contributed by atoms with Crippen LogP contribution >= 0.6 is 0 Å². The van der Waals surface area contributed by atoms with Crippen LogP contribution in [-0.2, 0) is 6.42 Å². The zero-order valence-corrected chi connectivity index (χ0v) is 13.0. The van der Waals surface area contributed by atoms with E-state index in [0.717, 1.165) is 12.1 Å². The molecule has 0 fully saturated rings. The Morgan fingerprint density at radius 1 is 0.773 bits per heavy atom. The number of hydrogen-bond donors (Lipinski definition) is 1. The third-order valence-corrected chi connectivity index (χ3v) is 3.86. The Labute approximate surface area is 131 Å². The van der Waals surface area contributed by atoms with Gasteiger partial charge in [-0.25, -0.2) is 0 Å². The van der Waals surface area contributed by atoms with E-state index in [4.69, 9.17) is 0 Å². The van der Waals surface area contributed by atoms with Gasteiger partial charge in [-0.05, 0) is 66.8 Å². The largest absolute Gasteiger partial charge is 0.355 e. The van der Waals surface area contributed by atoms with E-state index in [0.29, 0.717) is 0 Å². The fourth-order valence-electron chi connectivity index (χ4n) is 2.60. The minimum absolute atomic E-state index is 0.937. The quantitative estimate of drug-likeness (QED) is 0.728. The molecule has 2 nitrogen and oxygen atoms in total. The van der Waals surface area contributed by atoms with Crippen molar-refractivity contribution in [3.63, 3.8) is 0 Å². The monoisotopic (exact) mass is 288 g/mol. The van der Waals surface area contributed by atoms with Crippen molar-refractivity contribution in [3.8, 4) is 0 Å². The summed E-state index contributed by atoms with van der Waals surface area (Å²) in [6.07, 6.45) is 4.62. The summed E-state index contributed by atoms with van der Waals surface area (Å²) in [5.74, 6) is 0. The zero-order chi connectivity index (χ0) is 15.4. The number of nitrogens with zero attached hydrogens (tertiary/aromatic N) is 1. The predicted octanol–water partition coefficient (Wildman–Crippen LogP) is 5.03. The van der Waals surface area contributed by atoms with Gasteiger partial charge in [-0.1, -0.05) is 30.3 Å². The highest BCUT2D eigenvalue weighted by Gasteiger charge is 2.03. The summed E-state index contributed by atoms with van der Waals surface area (Å²) in [4.78, 5) is 4.05. The second-order valence-electron chi connectivity index (χ2n) is 5.62. The zero-order valence-electron chi connectivity index (χ0n) is 13.0. The molecule has 110 valence electrons. The van der Waals surface area contributed by atoms with E-state index in [9.17, 15) is 0 Å². The first-order chi connectivity index (χ1) is 10.7. The Balaban J connectivity index is 1.74. The van der Waals surface area contributed by atoms with E-state index >= 15 is 0 Å². The SMILES string of the molecule is Cc1cccc(C)c1Nc1ccc(Cc2ccncc2)cc1. The van der Waals surface area contributed by atoms with Crippen molar-refractivity contribution in [2.24, 2.45) is 0 Å². The summed E-state index contributed by atoms with van der Waals surface area (Å²) in [7, 11) is 0. The lowest BCUT2D eigenvalue weighted by Crippen LogP contribution is -1.96. The van der Waals surface area contributed by atoms with Crippen LogP contribution in [0.15, 0.2) is 67.0 Å². The van der Waals surface area contributed by atoms with Gasteiger partial charge in [0.2, 0.25) is 0 Å². The second kappa shape index (κ2) is 6.44. The number of rotatable bonds is 4. The van der Waals surface area contributed by atoms with Gasteiger partial charge in [0.05, 0.1) is 0 Å². The highest BCUT2D eigenvalue weighted by atomic mass is 14.9. The van der Waals surface area contributed by atoms with Crippen LogP contribution in [0.1, 0.15) is 22.3 Å². The lowest BCUT2D eigenvalue weighted by Gasteiger charge is -2.13. The van der Waals surface area contributed by atoms with E-state index in [1.807, 2.05) is 12.4 Å². The third-order valence-electron chi connectivity index (χ3n) is 3.86. The molecule has 0 aliphatic heterocycles. The number of benzene rings is 2. The van der Waals surface area contributed by atoms with Gasteiger partial charge in [-0.2, -0.15) is 0 Å². The van der Waals surface area contributed by atoms with Gasteiger partial charge in [0, 0.05) is 23.8 Å². The molecule has 0 saturated carbocycles. The Kier molecular flexibility index (Phi) is 4.19. The molecular formula is C20H20N2. The molecule has 1 heterocycles. The Hall–Kier alpha value is -2.61. The standard InChI is InChI=1S/C20H20N2/c1-15-4-3-5-16(2)20(15)22-19-8-6-17(7-9-19)14-18-10-12-21-13-11-18/h3-13,22H,14H2,1-2H3. The Bertz CT molecular complexity index is 726. The summed E-state index contributed by atoms with van der Waals surface area (Å²) < 4.78 is 0. The highest BCUT2D eigenvalue weighted by Crippen LogP contribution is 2.24. The molecule has 1 aromatic heterocycles. The van der Waals surface area contributed by atoms with E-state index in [2.05, 4.69) is 78.7 Å². The number of aryl methyl sites for hydroxylation is 2. The van der Waals surface area contributed by atoms with Crippen molar-refractivity contribution in [1.29, 1.82) is 0 Å². The van der Waals surface area contributed by atoms with Gasteiger partial charge in [0.15, 0.2) is 0 Å². The Morgan fingerprint density at radius 2 is 1.36 bits per heavy atom. The molecule has 0 unspecified atom stereocenters. The fraction of sp³-hybridized carbons (Fsp3) is 0.150. The van der Waals surface area contributed by atoms with Gasteiger partial charge in [0.1, 0.15) is 0 Å². The molecule has 0 amide bonds. The molecule has 2 heteroatoms. The topological polar surface area (TPSA) is 24.9 Å². The molecule has 22 heavy (non-hydrogen) atoms. The lowest BCUT2D eigenvalue weighted by molar-refractivity contribution is 1.16. The van der Waals surface area contributed by atoms with E-state index < -0.39 is 0 Å². The predicted molar refractivity (Wildman–Crippen MR) is 92.7 cm³/mol. The van der Waals surface area contributed by atoms with Crippen LogP contribution in [0.3, 0.4) is 0 Å². The first-order valence-electron chi connectivity index (χ1n) is 7.53. The first kappa shape index (κ1) is 14.3. The highest BCUT2D eigenvalue weighted by molar-refractivity contribution is 5.66. The lowest BCUT2D eigenvalue weighted by atomic mass is 10.1. The van der Waals surface area contributed by atoms with Crippen LogP contribution in [0.2, 0.25) is 0 Å². The maximum absolute atomic E-state index is 4.05. The average Bonchev–Trinajstić information content (AvgIpc) is 2.54. The summed E-state index contributed by atoms with van der Waals surface area (Å²) in [5.41, 5.74) is 7.44. The van der Waals surface area contributed by atoms with Crippen molar-refractivity contribution >= 4 is 11.4 Å². The molecule has 0 bridgehead atoms. The summed E-state index contributed by atoms with van der Waals surface area (Å²) in [6.45, 7) is 4.26. The molecule has 0 radical (unpaired) electrons. The number of pyridine rings is 1. The molecule has 0 atom stereocenters. The number of para-hydroxylation sites is 1. The summed E-state index contributed by atoms with van der Waals surface area (Å²) >= 11 is 0. The number of anilines is 2. The Morgan fingerprint density at radius 3 is 2.00 bits per heavy atom. The molecule has 0 spiro atoms. The van der Waals surface area contributed by atoms with Crippen molar-refractivity contribution < 1.29 is 0 Å². The minimum atomic E-state index is 0.937. The first-order valence-corrected chi connectivity index (χ1v) is 7.53. The maximum Gasteiger partial charge on any atom is 0.0443 e. The van der Waals surface area contributed by atoms with Gasteiger partial charge in [-0.15, -0.1) is 0 Å². The van der Waals surface area contributed by atoms with E-state index in [1.54, 1.807) is 0 Å². The minimum Gasteiger partial charge on any atom is -0.355 e. The van der Waals surface area contributed by atoms with Crippen LogP contribution in [0.25, 0.3) is 0 Å². The average molecular weight is 288 g/mol. The molecule has 0 aliphatic rings. The van der Waals surface area contributed by atoms with Crippen LogP contribution in [0.5, 0.6) is 0 Å². The molecular weight excluding hydrogens is 268 g/mol. The van der Waals surface area contributed by atoms with Gasteiger partial charge in [0.25, 0.3) is 0 Å². The van der Waals surface area contributed by atoms with Gasteiger partial charge >= 0.3 is 0 Å². The molecule has 0 aliphatic carbocycles. The van der Waals surface area contributed by atoms with E-state index in [-0.39, 0.29) is 0 Å². The van der Waals surface area contributed by atoms with Crippen molar-refractivity contribution in [2.45, 2.75) is 20.3 Å².